The van der Waals surface area contributed by atoms with Crippen molar-refractivity contribution in [3.8, 4) is 0 Å². The van der Waals surface area contributed by atoms with Crippen LogP contribution in [0.25, 0.3) is 0 Å². The van der Waals surface area contributed by atoms with Gasteiger partial charge >= 0.3 is 17.9 Å². The van der Waals surface area contributed by atoms with Crippen LogP contribution >= 0.6 is 75.8 Å². The van der Waals surface area contributed by atoms with Crippen LogP contribution < -0.4 is 0 Å². The van der Waals surface area contributed by atoms with Crippen molar-refractivity contribution in [3.05, 3.63) is 0 Å². The third-order valence-corrected chi connectivity index (χ3v) is 3.46. The van der Waals surface area contributed by atoms with Crippen LogP contribution in [0.15, 0.2) is 0 Å². The molecule has 0 aromatic heterocycles. The van der Waals surface area contributed by atoms with Gasteiger partial charge in [-0.1, -0.05) is 0 Å². The van der Waals surface area contributed by atoms with E-state index in [2.05, 4.69) is 75.8 Å². The Hall–Kier alpha value is 0.510. The van der Waals surface area contributed by atoms with Crippen LogP contribution in [-0.2, 0) is 14.4 Å². The molecular weight excluding hydrogens is 396 g/mol. The molecule has 0 aliphatic carbocycles. The highest BCUT2D eigenvalue weighted by atomic mass is 32.1. The first-order valence-electron chi connectivity index (χ1n) is 5.00. The topological polar surface area (TPSA) is 112 Å². The molecule has 0 atom stereocenters. The third-order valence-electron chi connectivity index (χ3n) is 0.827. The first kappa shape index (κ1) is 29.5. The summed E-state index contributed by atoms with van der Waals surface area (Å²) in [5.41, 5.74) is 0. The molecule has 0 amide bonds. The van der Waals surface area contributed by atoms with Gasteiger partial charge in [0.2, 0.25) is 0 Å². The van der Waals surface area contributed by atoms with Crippen LogP contribution in [0.4, 0.5) is 0 Å². The van der Waals surface area contributed by atoms with Gasteiger partial charge in [0.1, 0.15) is 0 Å². The van der Waals surface area contributed by atoms with Crippen molar-refractivity contribution in [1.82, 2.24) is 0 Å². The average Bonchev–Trinajstić information content (AvgIpc) is 2.47. The molecule has 0 saturated heterocycles. The van der Waals surface area contributed by atoms with Gasteiger partial charge in [0.25, 0.3) is 0 Å². The standard InChI is InChI=1S/C3H8S3.3C2H4O2S/c4-1-3(6)2-5;3*3-2(4)1-5/h3-6H,1-2H2;3*5H,1H2,(H,3,4). The number of carbonyl (C=O) groups is 3. The minimum Gasteiger partial charge on any atom is -0.481 e. The maximum Gasteiger partial charge on any atom is 0.313 e. The maximum absolute atomic E-state index is 9.29. The highest BCUT2D eigenvalue weighted by Gasteiger charge is 1.91. The summed E-state index contributed by atoms with van der Waals surface area (Å²) < 4.78 is 0. The SMILES string of the molecule is O=C(O)CS.O=C(O)CS.O=C(O)CS.SCC(S)CS. The zero-order valence-corrected chi connectivity index (χ0v) is 16.2. The predicted octanol–water partition coefficient (Wildman–Crippen LogP) is 1.15. The van der Waals surface area contributed by atoms with Gasteiger partial charge in [0.15, 0.2) is 0 Å². The first-order valence-corrected chi connectivity index (χ1v) is 8.68. The largest absolute Gasteiger partial charge is 0.481 e. The summed E-state index contributed by atoms with van der Waals surface area (Å²) in [5.74, 6) is -1.27. The fourth-order valence-electron chi connectivity index (χ4n) is 0.0577. The third kappa shape index (κ3) is 63.6. The highest BCUT2D eigenvalue weighted by molar-refractivity contribution is 7.86. The lowest BCUT2D eigenvalue weighted by molar-refractivity contribution is -0.134. The van der Waals surface area contributed by atoms with E-state index in [1.54, 1.807) is 0 Å². The molecular formula is C9H20O6S6. The van der Waals surface area contributed by atoms with Crippen molar-refractivity contribution < 1.29 is 29.7 Å². The minimum atomic E-state index is -0.881. The molecule has 0 rings (SSSR count). The van der Waals surface area contributed by atoms with Gasteiger partial charge in [0.05, 0.1) is 17.3 Å². The second-order valence-electron chi connectivity index (χ2n) is 2.67. The van der Waals surface area contributed by atoms with Crippen molar-refractivity contribution in [2.45, 2.75) is 5.25 Å². The fourth-order valence-corrected chi connectivity index (χ4v) is 0.520. The van der Waals surface area contributed by atoms with Crippen molar-refractivity contribution in [2.24, 2.45) is 0 Å². The fraction of sp³-hybridized carbons (Fsp3) is 0.667. The van der Waals surface area contributed by atoms with Crippen LogP contribution in [0.2, 0.25) is 0 Å². The molecule has 0 aliphatic rings. The molecule has 0 bridgehead atoms. The number of hydrogen-bond donors (Lipinski definition) is 9. The summed E-state index contributed by atoms with van der Waals surface area (Å²) in [4.78, 5) is 27.9. The molecule has 128 valence electrons. The zero-order chi connectivity index (χ0) is 17.8. The van der Waals surface area contributed by atoms with Gasteiger partial charge in [-0.2, -0.15) is 75.8 Å². The molecule has 0 fully saturated rings. The van der Waals surface area contributed by atoms with E-state index in [0.29, 0.717) is 5.25 Å². The van der Waals surface area contributed by atoms with Crippen LogP contribution in [0.1, 0.15) is 0 Å². The van der Waals surface area contributed by atoms with E-state index < -0.39 is 17.9 Å². The van der Waals surface area contributed by atoms with E-state index in [-0.39, 0.29) is 17.3 Å². The quantitative estimate of drug-likeness (QED) is 0.311. The predicted molar refractivity (Wildman–Crippen MR) is 105 cm³/mol. The Labute approximate surface area is 156 Å². The molecule has 0 spiro atoms. The van der Waals surface area contributed by atoms with Gasteiger partial charge in [-0.15, -0.1) is 0 Å². The summed E-state index contributed by atoms with van der Waals surface area (Å²) in [6.07, 6.45) is 0. The van der Waals surface area contributed by atoms with Gasteiger partial charge in [0, 0.05) is 16.8 Å². The number of carboxylic acid groups (broad SMARTS) is 3. The van der Waals surface area contributed by atoms with Crippen molar-refractivity contribution in [2.75, 3.05) is 28.8 Å². The lowest BCUT2D eigenvalue weighted by atomic mass is 10.6. The van der Waals surface area contributed by atoms with E-state index in [9.17, 15) is 14.4 Å². The summed E-state index contributed by atoms with van der Waals surface area (Å²) in [5, 5.41) is 23.3. The van der Waals surface area contributed by atoms with Gasteiger partial charge in [-0.05, 0) is 0 Å². The maximum atomic E-state index is 9.29. The molecule has 0 saturated carbocycles. The van der Waals surface area contributed by atoms with Crippen LogP contribution in [-0.4, -0.2) is 67.2 Å². The lowest BCUT2D eigenvalue weighted by Crippen LogP contribution is -2.00. The average molecular weight is 417 g/mol. The van der Waals surface area contributed by atoms with Gasteiger partial charge in [-0.3, -0.25) is 14.4 Å². The Morgan fingerprint density at radius 2 is 0.810 bits per heavy atom. The zero-order valence-electron chi connectivity index (χ0n) is 10.9. The lowest BCUT2D eigenvalue weighted by Gasteiger charge is -1.96. The van der Waals surface area contributed by atoms with Gasteiger partial charge in [-0.25, -0.2) is 0 Å². The monoisotopic (exact) mass is 416 g/mol. The van der Waals surface area contributed by atoms with E-state index >= 15 is 0 Å². The Balaban J connectivity index is -0.0000000921. The Kier molecular flexibility index (Phi) is 35.8. The molecule has 0 aromatic carbocycles. The Morgan fingerprint density at radius 1 is 0.667 bits per heavy atom. The number of rotatable bonds is 5. The molecule has 0 aromatic rings. The smallest absolute Gasteiger partial charge is 0.313 e. The number of aliphatic carboxylic acids is 3. The van der Waals surface area contributed by atoms with E-state index in [4.69, 9.17) is 15.3 Å². The van der Waals surface area contributed by atoms with Crippen molar-refractivity contribution in [1.29, 1.82) is 0 Å². The second kappa shape index (κ2) is 25.5. The molecule has 0 unspecified atom stereocenters. The molecule has 0 radical (unpaired) electrons. The summed E-state index contributed by atoms with van der Waals surface area (Å²) >= 11 is 22.3. The van der Waals surface area contributed by atoms with Gasteiger partial charge < -0.3 is 15.3 Å². The summed E-state index contributed by atoms with van der Waals surface area (Å²) in [6, 6.07) is 0. The van der Waals surface area contributed by atoms with Crippen LogP contribution in [0.3, 0.4) is 0 Å². The summed E-state index contributed by atoms with van der Waals surface area (Å²) in [7, 11) is 0. The molecule has 6 nitrogen and oxygen atoms in total. The van der Waals surface area contributed by atoms with E-state index in [0.717, 1.165) is 11.5 Å². The molecule has 0 aliphatic heterocycles. The Morgan fingerprint density at radius 3 is 0.810 bits per heavy atom. The first-order chi connectivity index (χ1) is 9.62. The highest BCUT2D eigenvalue weighted by Crippen LogP contribution is 1.97. The Bertz CT molecular complexity index is 228. The number of carboxylic acids is 3. The molecule has 21 heavy (non-hydrogen) atoms. The normalized spacial score (nSPS) is 8.14. The summed E-state index contributed by atoms with van der Waals surface area (Å²) in [6.45, 7) is 0. The van der Waals surface area contributed by atoms with E-state index in [1.807, 2.05) is 0 Å². The minimum absolute atomic E-state index is 0.0833. The number of hydrogen-bond acceptors (Lipinski definition) is 9. The molecule has 3 N–H and O–H groups in total. The molecule has 12 heteroatoms. The number of thiol groups is 6. The molecule has 0 heterocycles. The van der Waals surface area contributed by atoms with Crippen molar-refractivity contribution >= 4 is 93.7 Å². The van der Waals surface area contributed by atoms with Crippen LogP contribution in [0, 0.1) is 0 Å². The second-order valence-corrected chi connectivity index (χ2v) is 5.08. The van der Waals surface area contributed by atoms with Crippen LogP contribution in [0.5, 0.6) is 0 Å². The van der Waals surface area contributed by atoms with Crippen molar-refractivity contribution in [3.63, 3.8) is 0 Å². The van der Waals surface area contributed by atoms with E-state index in [1.165, 1.54) is 0 Å².